The molecule has 3 N–H and O–H groups in total. The van der Waals surface area contributed by atoms with Gasteiger partial charge in [0.25, 0.3) is 5.91 Å². The van der Waals surface area contributed by atoms with Crippen molar-refractivity contribution in [3.05, 3.63) is 48.0 Å². The molecular formula is C22H24N4O2S. The molecule has 0 aromatic heterocycles. The zero-order valence-electron chi connectivity index (χ0n) is 16.2. The first kappa shape index (κ1) is 18.5. The molecule has 1 saturated carbocycles. The average molecular weight is 409 g/mol. The molecule has 1 aliphatic carbocycles. The summed E-state index contributed by atoms with van der Waals surface area (Å²) in [6.07, 6.45) is 1.55. The van der Waals surface area contributed by atoms with E-state index in [4.69, 9.17) is 5.73 Å². The maximum Gasteiger partial charge on any atom is 0.253 e. The van der Waals surface area contributed by atoms with Gasteiger partial charge in [-0.3, -0.25) is 9.59 Å². The quantitative estimate of drug-likeness (QED) is 0.816. The number of nitrogens with two attached hydrogens (primary N) is 1. The van der Waals surface area contributed by atoms with Gasteiger partial charge in [-0.2, -0.15) is 0 Å². The standard InChI is InChI=1S/C22H24N4O2S/c23-22(7-8-22)21(28)26-11-9-25(10-12-26)20(27)16-3-1-15(2-4-16)17-5-6-19-18(13-17)24-14-29-19/h1-6,13,24H,7-12,14,23H2. The number of rotatable bonds is 3. The lowest BCUT2D eigenvalue weighted by atomic mass is 10.0. The van der Waals surface area contributed by atoms with E-state index in [-0.39, 0.29) is 11.8 Å². The van der Waals surface area contributed by atoms with Crippen molar-refractivity contribution in [2.24, 2.45) is 5.73 Å². The number of carbonyl (C=O) groups excluding carboxylic acids is 2. The number of hydrogen-bond acceptors (Lipinski definition) is 5. The summed E-state index contributed by atoms with van der Waals surface area (Å²) < 4.78 is 0. The highest BCUT2D eigenvalue weighted by molar-refractivity contribution is 7.99. The van der Waals surface area contributed by atoms with Crippen LogP contribution in [0, 0.1) is 0 Å². The highest BCUT2D eigenvalue weighted by Crippen LogP contribution is 2.37. The fraction of sp³-hybridized carbons (Fsp3) is 0.364. The highest BCUT2D eigenvalue weighted by Gasteiger charge is 2.48. The summed E-state index contributed by atoms with van der Waals surface area (Å²) in [7, 11) is 0. The minimum atomic E-state index is -0.631. The van der Waals surface area contributed by atoms with Crippen molar-refractivity contribution in [3.8, 4) is 11.1 Å². The fourth-order valence-corrected chi connectivity index (χ4v) is 4.76. The smallest absolute Gasteiger partial charge is 0.253 e. The molecule has 7 heteroatoms. The molecule has 150 valence electrons. The van der Waals surface area contributed by atoms with Crippen LogP contribution in [0.2, 0.25) is 0 Å². The molecule has 2 amide bonds. The first-order chi connectivity index (χ1) is 14.0. The first-order valence-corrected chi connectivity index (χ1v) is 11.0. The van der Waals surface area contributed by atoms with E-state index in [0.29, 0.717) is 31.7 Å². The van der Waals surface area contributed by atoms with Gasteiger partial charge in [0.1, 0.15) is 0 Å². The lowest BCUT2D eigenvalue weighted by Crippen LogP contribution is -2.55. The highest BCUT2D eigenvalue weighted by atomic mass is 32.2. The number of nitrogens with zero attached hydrogens (tertiary/aromatic N) is 2. The molecule has 6 nitrogen and oxygen atoms in total. The van der Waals surface area contributed by atoms with Crippen molar-refractivity contribution in [2.75, 3.05) is 37.4 Å². The largest absolute Gasteiger partial charge is 0.375 e. The molecule has 0 spiro atoms. The molecule has 0 radical (unpaired) electrons. The van der Waals surface area contributed by atoms with Gasteiger partial charge in [-0.15, -0.1) is 11.8 Å². The molecule has 5 rings (SSSR count). The Labute approximate surface area is 174 Å². The van der Waals surface area contributed by atoms with Crippen LogP contribution in [-0.4, -0.2) is 59.2 Å². The van der Waals surface area contributed by atoms with Gasteiger partial charge in [-0.1, -0.05) is 18.2 Å². The van der Waals surface area contributed by atoms with Gasteiger partial charge in [-0.05, 0) is 48.2 Å². The Balaban J connectivity index is 1.23. The van der Waals surface area contributed by atoms with Gasteiger partial charge < -0.3 is 20.9 Å². The van der Waals surface area contributed by atoms with E-state index in [1.165, 1.54) is 10.6 Å². The molecule has 3 aliphatic rings. The van der Waals surface area contributed by atoms with Crippen LogP contribution in [0.3, 0.4) is 0 Å². The Morgan fingerprint density at radius 2 is 1.59 bits per heavy atom. The summed E-state index contributed by atoms with van der Waals surface area (Å²) in [6, 6.07) is 14.2. The fourth-order valence-electron chi connectivity index (χ4n) is 3.93. The van der Waals surface area contributed by atoms with Crippen LogP contribution in [-0.2, 0) is 4.79 Å². The van der Waals surface area contributed by atoms with Gasteiger partial charge in [0.15, 0.2) is 0 Å². The number of carbonyl (C=O) groups is 2. The Kier molecular flexibility index (Phi) is 4.52. The van der Waals surface area contributed by atoms with E-state index in [0.717, 1.165) is 29.8 Å². The molecule has 2 aromatic rings. The molecule has 2 fully saturated rings. The van der Waals surface area contributed by atoms with Crippen molar-refractivity contribution in [1.29, 1.82) is 0 Å². The second-order valence-electron chi connectivity index (χ2n) is 7.99. The Morgan fingerprint density at radius 1 is 0.931 bits per heavy atom. The Hall–Kier alpha value is -2.51. The third-order valence-electron chi connectivity index (χ3n) is 6.00. The maximum absolute atomic E-state index is 12.9. The lowest BCUT2D eigenvalue weighted by Gasteiger charge is -2.36. The van der Waals surface area contributed by atoms with Crippen LogP contribution in [0.1, 0.15) is 23.2 Å². The van der Waals surface area contributed by atoms with E-state index in [1.807, 2.05) is 40.9 Å². The zero-order chi connectivity index (χ0) is 20.0. The number of fused-ring (bicyclic) bond motifs is 1. The number of thioether (sulfide) groups is 1. The van der Waals surface area contributed by atoms with Crippen LogP contribution >= 0.6 is 11.8 Å². The topological polar surface area (TPSA) is 78.7 Å². The van der Waals surface area contributed by atoms with E-state index in [1.54, 1.807) is 4.90 Å². The molecule has 29 heavy (non-hydrogen) atoms. The summed E-state index contributed by atoms with van der Waals surface area (Å²) in [5.74, 6) is 0.970. The zero-order valence-corrected chi connectivity index (χ0v) is 17.0. The molecule has 0 unspecified atom stereocenters. The van der Waals surface area contributed by atoms with Crippen molar-refractivity contribution < 1.29 is 9.59 Å². The van der Waals surface area contributed by atoms with E-state index in [9.17, 15) is 9.59 Å². The van der Waals surface area contributed by atoms with Crippen molar-refractivity contribution >= 4 is 29.3 Å². The SMILES string of the molecule is NC1(C(=O)N2CCN(C(=O)c3ccc(-c4ccc5c(c4)NCS5)cc3)CC2)CC1. The number of nitrogens with one attached hydrogen (secondary N) is 1. The summed E-state index contributed by atoms with van der Waals surface area (Å²) in [5.41, 5.74) is 9.48. The monoisotopic (exact) mass is 408 g/mol. The third-order valence-corrected chi connectivity index (χ3v) is 6.96. The number of piperazine rings is 1. The van der Waals surface area contributed by atoms with Crippen LogP contribution in [0.4, 0.5) is 5.69 Å². The predicted molar refractivity (Wildman–Crippen MR) is 115 cm³/mol. The number of benzene rings is 2. The van der Waals surface area contributed by atoms with Gasteiger partial charge in [0, 0.05) is 42.3 Å². The molecular weight excluding hydrogens is 384 g/mol. The first-order valence-electron chi connectivity index (χ1n) is 10.0. The molecule has 0 atom stereocenters. The predicted octanol–water partition coefficient (Wildman–Crippen LogP) is 2.60. The average Bonchev–Trinajstić information content (AvgIpc) is 3.34. The summed E-state index contributed by atoms with van der Waals surface area (Å²) in [4.78, 5) is 30.1. The second kappa shape index (κ2) is 7.07. The number of anilines is 1. The molecule has 0 bridgehead atoms. The van der Waals surface area contributed by atoms with E-state index in [2.05, 4.69) is 23.5 Å². The van der Waals surface area contributed by atoms with Crippen LogP contribution in [0.25, 0.3) is 11.1 Å². The van der Waals surface area contributed by atoms with Gasteiger partial charge >= 0.3 is 0 Å². The minimum absolute atomic E-state index is 0.0181. The molecule has 2 heterocycles. The Bertz CT molecular complexity index is 963. The van der Waals surface area contributed by atoms with Crippen LogP contribution in [0.15, 0.2) is 47.4 Å². The second-order valence-corrected chi connectivity index (χ2v) is 9.01. The maximum atomic E-state index is 12.9. The molecule has 2 aromatic carbocycles. The van der Waals surface area contributed by atoms with Crippen LogP contribution < -0.4 is 11.1 Å². The van der Waals surface area contributed by atoms with Crippen molar-refractivity contribution in [3.63, 3.8) is 0 Å². The van der Waals surface area contributed by atoms with Crippen molar-refractivity contribution in [1.82, 2.24) is 9.80 Å². The van der Waals surface area contributed by atoms with Gasteiger partial charge in [0.05, 0.1) is 11.4 Å². The summed E-state index contributed by atoms with van der Waals surface area (Å²) in [6.45, 7) is 2.22. The van der Waals surface area contributed by atoms with Gasteiger partial charge in [0.2, 0.25) is 5.91 Å². The summed E-state index contributed by atoms with van der Waals surface area (Å²) in [5, 5.41) is 3.37. The van der Waals surface area contributed by atoms with E-state index < -0.39 is 5.54 Å². The molecule has 2 aliphatic heterocycles. The normalized spacial score (nSPS) is 19.5. The van der Waals surface area contributed by atoms with Crippen LogP contribution in [0.5, 0.6) is 0 Å². The van der Waals surface area contributed by atoms with Gasteiger partial charge in [-0.25, -0.2) is 0 Å². The molecule has 1 saturated heterocycles. The van der Waals surface area contributed by atoms with Crippen molar-refractivity contribution in [2.45, 2.75) is 23.3 Å². The lowest BCUT2D eigenvalue weighted by molar-refractivity contribution is -0.135. The number of amides is 2. The third kappa shape index (κ3) is 3.49. The number of hydrogen-bond donors (Lipinski definition) is 2. The Morgan fingerprint density at radius 3 is 2.28 bits per heavy atom. The minimum Gasteiger partial charge on any atom is -0.375 e. The van der Waals surface area contributed by atoms with E-state index >= 15 is 0 Å². The summed E-state index contributed by atoms with van der Waals surface area (Å²) >= 11 is 1.81.